The Morgan fingerprint density at radius 1 is 1.23 bits per heavy atom. The summed E-state index contributed by atoms with van der Waals surface area (Å²) in [5, 5.41) is 2.73. The number of amides is 1. The van der Waals surface area contributed by atoms with Gasteiger partial charge in [0, 0.05) is 38.8 Å². The molecular formula is C15H23N3O3S. The molecule has 0 atom stereocenters. The highest BCUT2D eigenvalue weighted by Crippen LogP contribution is 2.24. The smallest absolute Gasteiger partial charge is 0.243 e. The lowest BCUT2D eigenvalue weighted by atomic mass is 10.1. The summed E-state index contributed by atoms with van der Waals surface area (Å²) in [4.78, 5) is 13.6. The summed E-state index contributed by atoms with van der Waals surface area (Å²) in [5.74, 6) is -0.163. The van der Waals surface area contributed by atoms with Crippen molar-refractivity contribution in [3.63, 3.8) is 0 Å². The van der Waals surface area contributed by atoms with Gasteiger partial charge in [0.15, 0.2) is 0 Å². The van der Waals surface area contributed by atoms with E-state index in [-0.39, 0.29) is 5.91 Å². The van der Waals surface area contributed by atoms with Crippen LogP contribution in [0.1, 0.15) is 19.4 Å². The minimum absolute atomic E-state index is 0.163. The molecule has 0 aromatic heterocycles. The number of hydrogen-bond donors (Lipinski definition) is 1. The minimum atomic E-state index is -3.47. The molecule has 0 saturated carbocycles. The Morgan fingerprint density at radius 3 is 2.41 bits per heavy atom. The highest BCUT2D eigenvalue weighted by atomic mass is 32.2. The van der Waals surface area contributed by atoms with E-state index in [1.807, 2.05) is 14.0 Å². The van der Waals surface area contributed by atoms with Crippen LogP contribution in [0, 0.1) is 0 Å². The van der Waals surface area contributed by atoms with Crippen LogP contribution in [0.2, 0.25) is 0 Å². The van der Waals surface area contributed by atoms with Crippen LogP contribution in [0.25, 0.3) is 0 Å². The van der Waals surface area contributed by atoms with Crippen LogP contribution in [0.3, 0.4) is 0 Å². The van der Waals surface area contributed by atoms with E-state index in [0.717, 1.165) is 18.7 Å². The Kier molecular flexibility index (Phi) is 5.20. The molecule has 1 aliphatic heterocycles. The zero-order valence-electron chi connectivity index (χ0n) is 13.3. The van der Waals surface area contributed by atoms with Crippen LogP contribution >= 0.6 is 0 Å². The molecule has 1 aromatic carbocycles. The maximum Gasteiger partial charge on any atom is 0.243 e. The molecule has 2 rings (SSSR count). The SMILES string of the molecule is CCc1cc(S(=O)(=O)N2CCN(C)CC2)ccc1NC(C)=O. The van der Waals surface area contributed by atoms with E-state index in [1.165, 1.54) is 11.2 Å². The van der Waals surface area contributed by atoms with E-state index in [4.69, 9.17) is 0 Å². The van der Waals surface area contributed by atoms with Crippen LogP contribution in [-0.2, 0) is 21.2 Å². The summed E-state index contributed by atoms with van der Waals surface area (Å²) < 4.78 is 27.0. The second-order valence-corrected chi connectivity index (χ2v) is 7.50. The molecule has 1 fully saturated rings. The van der Waals surface area contributed by atoms with E-state index < -0.39 is 10.0 Å². The Bertz CT molecular complexity index is 650. The predicted octanol–water partition coefficient (Wildman–Crippen LogP) is 1.14. The molecule has 6 nitrogen and oxygen atoms in total. The average molecular weight is 325 g/mol. The van der Waals surface area contributed by atoms with Gasteiger partial charge in [-0.25, -0.2) is 8.42 Å². The number of piperazine rings is 1. The molecule has 1 N–H and O–H groups in total. The van der Waals surface area contributed by atoms with Crippen molar-refractivity contribution in [1.29, 1.82) is 0 Å². The number of likely N-dealkylation sites (N-methyl/N-ethyl adjacent to an activating group) is 1. The molecule has 22 heavy (non-hydrogen) atoms. The highest BCUT2D eigenvalue weighted by molar-refractivity contribution is 7.89. The number of rotatable bonds is 4. The minimum Gasteiger partial charge on any atom is -0.326 e. The number of nitrogens with zero attached hydrogens (tertiary/aromatic N) is 2. The van der Waals surface area contributed by atoms with E-state index in [2.05, 4.69) is 10.2 Å². The first kappa shape index (κ1) is 16.9. The molecule has 1 aromatic rings. The summed E-state index contributed by atoms with van der Waals surface area (Å²) in [6.45, 7) is 5.87. The van der Waals surface area contributed by atoms with Gasteiger partial charge < -0.3 is 10.2 Å². The zero-order valence-corrected chi connectivity index (χ0v) is 14.1. The number of carbonyl (C=O) groups excluding carboxylic acids is 1. The standard InChI is InChI=1S/C15H23N3O3S/c1-4-13-11-14(5-6-15(13)16-12(2)19)22(20,21)18-9-7-17(3)8-10-18/h5-6,11H,4,7-10H2,1-3H3,(H,16,19). The number of carbonyl (C=O) groups is 1. The first-order chi connectivity index (χ1) is 10.3. The molecule has 1 heterocycles. The van der Waals surface area contributed by atoms with Crippen LogP contribution in [0.4, 0.5) is 5.69 Å². The van der Waals surface area contributed by atoms with Gasteiger partial charge in [0.05, 0.1) is 4.90 Å². The number of anilines is 1. The first-order valence-electron chi connectivity index (χ1n) is 7.43. The van der Waals surface area contributed by atoms with E-state index in [0.29, 0.717) is 30.1 Å². The summed E-state index contributed by atoms with van der Waals surface area (Å²) in [7, 11) is -1.48. The Hall–Kier alpha value is -1.44. The van der Waals surface area contributed by atoms with Crippen molar-refractivity contribution in [2.75, 3.05) is 38.5 Å². The average Bonchev–Trinajstić information content (AvgIpc) is 2.47. The van der Waals surface area contributed by atoms with Gasteiger partial charge in [-0.2, -0.15) is 4.31 Å². The van der Waals surface area contributed by atoms with Crippen molar-refractivity contribution in [3.8, 4) is 0 Å². The fourth-order valence-electron chi connectivity index (χ4n) is 2.51. The quantitative estimate of drug-likeness (QED) is 0.901. The fourth-order valence-corrected chi connectivity index (χ4v) is 3.99. The van der Waals surface area contributed by atoms with E-state index in [1.54, 1.807) is 18.2 Å². The third-order valence-electron chi connectivity index (χ3n) is 3.87. The fraction of sp³-hybridized carbons (Fsp3) is 0.533. The Labute approximate surface area is 132 Å². The Morgan fingerprint density at radius 2 is 1.86 bits per heavy atom. The predicted molar refractivity (Wildman–Crippen MR) is 86.4 cm³/mol. The van der Waals surface area contributed by atoms with Gasteiger partial charge in [0.25, 0.3) is 0 Å². The Balaban J connectivity index is 2.29. The van der Waals surface area contributed by atoms with Gasteiger partial charge in [-0.3, -0.25) is 4.79 Å². The lowest BCUT2D eigenvalue weighted by Crippen LogP contribution is -2.47. The monoisotopic (exact) mass is 325 g/mol. The molecular weight excluding hydrogens is 302 g/mol. The van der Waals surface area contributed by atoms with E-state index >= 15 is 0 Å². The molecule has 0 aliphatic carbocycles. The van der Waals surface area contributed by atoms with Crippen LogP contribution < -0.4 is 5.32 Å². The lowest BCUT2D eigenvalue weighted by molar-refractivity contribution is -0.114. The molecule has 7 heteroatoms. The van der Waals surface area contributed by atoms with Gasteiger partial charge >= 0.3 is 0 Å². The maximum atomic E-state index is 12.7. The molecule has 0 bridgehead atoms. The number of nitrogens with one attached hydrogen (secondary N) is 1. The van der Waals surface area contributed by atoms with Crippen molar-refractivity contribution in [2.24, 2.45) is 0 Å². The van der Waals surface area contributed by atoms with Crippen molar-refractivity contribution in [3.05, 3.63) is 23.8 Å². The molecule has 0 spiro atoms. The van der Waals surface area contributed by atoms with Crippen molar-refractivity contribution < 1.29 is 13.2 Å². The molecule has 1 saturated heterocycles. The highest BCUT2D eigenvalue weighted by Gasteiger charge is 2.27. The number of sulfonamides is 1. The summed E-state index contributed by atoms with van der Waals surface area (Å²) in [5.41, 5.74) is 1.50. The van der Waals surface area contributed by atoms with Crippen molar-refractivity contribution >= 4 is 21.6 Å². The second-order valence-electron chi connectivity index (χ2n) is 5.56. The maximum absolute atomic E-state index is 12.7. The number of benzene rings is 1. The van der Waals surface area contributed by atoms with Gasteiger partial charge in [-0.05, 0) is 37.2 Å². The molecule has 1 amide bonds. The second kappa shape index (κ2) is 6.76. The summed E-state index contributed by atoms with van der Waals surface area (Å²) in [6, 6.07) is 4.90. The van der Waals surface area contributed by atoms with Gasteiger partial charge in [0.1, 0.15) is 0 Å². The van der Waals surface area contributed by atoms with Crippen molar-refractivity contribution in [1.82, 2.24) is 9.21 Å². The molecule has 0 radical (unpaired) electrons. The third kappa shape index (κ3) is 3.66. The van der Waals surface area contributed by atoms with Crippen LogP contribution in [-0.4, -0.2) is 56.8 Å². The largest absolute Gasteiger partial charge is 0.326 e. The number of hydrogen-bond acceptors (Lipinski definition) is 4. The number of aryl methyl sites for hydroxylation is 1. The summed E-state index contributed by atoms with van der Waals surface area (Å²) in [6.07, 6.45) is 0.654. The molecule has 0 unspecified atom stereocenters. The van der Waals surface area contributed by atoms with Crippen LogP contribution in [0.15, 0.2) is 23.1 Å². The lowest BCUT2D eigenvalue weighted by Gasteiger charge is -2.31. The van der Waals surface area contributed by atoms with Crippen molar-refractivity contribution in [2.45, 2.75) is 25.2 Å². The topological polar surface area (TPSA) is 69.7 Å². The third-order valence-corrected chi connectivity index (χ3v) is 5.76. The van der Waals surface area contributed by atoms with Gasteiger partial charge in [-0.15, -0.1) is 0 Å². The zero-order chi connectivity index (χ0) is 16.3. The van der Waals surface area contributed by atoms with E-state index in [9.17, 15) is 13.2 Å². The molecule has 122 valence electrons. The normalized spacial score (nSPS) is 17.4. The van der Waals surface area contributed by atoms with Gasteiger partial charge in [-0.1, -0.05) is 6.92 Å². The van der Waals surface area contributed by atoms with Crippen LogP contribution in [0.5, 0.6) is 0 Å². The first-order valence-corrected chi connectivity index (χ1v) is 8.88. The summed E-state index contributed by atoms with van der Waals surface area (Å²) >= 11 is 0. The molecule has 1 aliphatic rings. The van der Waals surface area contributed by atoms with Gasteiger partial charge in [0.2, 0.25) is 15.9 Å².